The van der Waals surface area contributed by atoms with Gasteiger partial charge in [0.05, 0.1) is 5.69 Å². The standard InChI is InChI=1S/C31H22N4O4/c32-30-33(22-15-7-2-8-16-22)29(39)31(35(30)24-19-11-4-12-20-24)25(26(36)21-13-5-1-6-14-21)27(37)28(38)34(31)23-17-9-3-10-18-23/h1-20,32,36H/b26-25-,32-30?. The average molecular weight is 515 g/mol. The average Bonchev–Trinajstić information content (AvgIpc) is 3.35. The molecule has 0 aliphatic carbocycles. The lowest BCUT2D eigenvalue weighted by molar-refractivity contribution is -0.132. The highest BCUT2D eigenvalue weighted by atomic mass is 16.3. The molecule has 2 N–H and O–H groups in total. The summed E-state index contributed by atoms with van der Waals surface area (Å²) in [5.74, 6) is -3.56. The lowest BCUT2D eigenvalue weighted by Gasteiger charge is -2.39. The second-order valence-corrected chi connectivity index (χ2v) is 9.04. The normalized spacial score (nSPS) is 20.4. The molecule has 1 unspecified atom stereocenters. The number of carbonyl (C=O) groups excluding carboxylic acids is 3. The molecule has 2 amide bonds. The van der Waals surface area contributed by atoms with Crippen molar-refractivity contribution in [3.8, 4) is 0 Å². The van der Waals surface area contributed by atoms with Gasteiger partial charge in [-0.15, -0.1) is 0 Å². The zero-order valence-corrected chi connectivity index (χ0v) is 20.6. The quantitative estimate of drug-likeness (QED) is 0.232. The lowest BCUT2D eigenvalue weighted by Crippen LogP contribution is -2.61. The summed E-state index contributed by atoms with van der Waals surface area (Å²) in [6.45, 7) is 0. The van der Waals surface area contributed by atoms with Crippen molar-refractivity contribution in [2.75, 3.05) is 14.7 Å². The van der Waals surface area contributed by atoms with Crippen molar-refractivity contribution in [1.82, 2.24) is 0 Å². The topological polar surface area (TPSA) is 105 Å². The first-order chi connectivity index (χ1) is 19.0. The zero-order chi connectivity index (χ0) is 27.1. The van der Waals surface area contributed by atoms with E-state index >= 15 is 0 Å². The van der Waals surface area contributed by atoms with Crippen LogP contribution in [0.3, 0.4) is 0 Å². The maximum Gasteiger partial charge on any atom is 0.301 e. The molecule has 2 aliphatic rings. The molecule has 8 nitrogen and oxygen atoms in total. The fourth-order valence-electron chi connectivity index (χ4n) is 5.24. The van der Waals surface area contributed by atoms with Crippen molar-refractivity contribution in [3.63, 3.8) is 0 Å². The second-order valence-electron chi connectivity index (χ2n) is 9.04. The Morgan fingerprint density at radius 1 is 0.615 bits per heavy atom. The van der Waals surface area contributed by atoms with Crippen LogP contribution in [0.15, 0.2) is 127 Å². The lowest BCUT2D eigenvalue weighted by atomic mass is 9.92. The van der Waals surface area contributed by atoms with Gasteiger partial charge >= 0.3 is 5.91 Å². The Morgan fingerprint density at radius 2 is 1.05 bits per heavy atom. The van der Waals surface area contributed by atoms with Gasteiger partial charge in [-0.25, -0.2) is 4.90 Å². The molecule has 2 heterocycles. The number of Topliss-reactive ketones (excluding diaryl/α,β-unsaturated/α-hetero) is 1. The third kappa shape index (κ3) is 3.39. The fourth-order valence-corrected chi connectivity index (χ4v) is 5.24. The Balaban J connectivity index is 1.75. The van der Waals surface area contributed by atoms with Gasteiger partial charge in [0.2, 0.25) is 11.6 Å². The Bertz CT molecular complexity index is 1640. The molecular formula is C31H22N4O4. The number of aliphatic hydroxyl groups excluding tert-OH is 1. The zero-order valence-electron chi connectivity index (χ0n) is 20.6. The number of hydrogen-bond acceptors (Lipinski definition) is 5. The molecule has 0 bridgehead atoms. The van der Waals surface area contributed by atoms with Gasteiger partial charge in [-0.05, 0) is 36.4 Å². The number of rotatable bonds is 4. The molecule has 190 valence electrons. The highest BCUT2D eigenvalue weighted by Gasteiger charge is 2.71. The van der Waals surface area contributed by atoms with E-state index in [1.165, 1.54) is 4.90 Å². The maximum atomic E-state index is 14.8. The molecule has 1 spiro atoms. The molecule has 1 atom stereocenters. The van der Waals surface area contributed by atoms with E-state index in [1.807, 2.05) is 0 Å². The molecule has 4 aromatic carbocycles. The van der Waals surface area contributed by atoms with Gasteiger partial charge in [-0.1, -0.05) is 84.9 Å². The third-order valence-corrected chi connectivity index (χ3v) is 6.87. The first-order valence-corrected chi connectivity index (χ1v) is 12.2. The second kappa shape index (κ2) is 9.11. The van der Waals surface area contributed by atoms with Gasteiger partial charge in [0.1, 0.15) is 11.3 Å². The van der Waals surface area contributed by atoms with E-state index in [2.05, 4.69) is 0 Å². The van der Waals surface area contributed by atoms with E-state index in [-0.39, 0.29) is 17.2 Å². The number of nitrogens with one attached hydrogen (secondary N) is 1. The molecule has 0 saturated carbocycles. The molecule has 2 aliphatic heterocycles. The van der Waals surface area contributed by atoms with Gasteiger partial charge in [-0.2, -0.15) is 0 Å². The molecule has 2 saturated heterocycles. The molecule has 6 rings (SSSR count). The minimum atomic E-state index is -2.22. The van der Waals surface area contributed by atoms with Crippen molar-refractivity contribution in [3.05, 3.63) is 132 Å². The van der Waals surface area contributed by atoms with Crippen LogP contribution in [0.2, 0.25) is 0 Å². The summed E-state index contributed by atoms with van der Waals surface area (Å²) in [4.78, 5) is 46.1. The van der Waals surface area contributed by atoms with Crippen LogP contribution in [0.4, 0.5) is 17.1 Å². The minimum absolute atomic E-state index is 0.258. The fraction of sp³-hybridized carbons (Fsp3) is 0.0323. The van der Waals surface area contributed by atoms with E-state index in [4.69, 9.17) is 0 Å². The number of aliphatic hydroxyl groups is 1. The van der Waals surface area contributed by atoms with Crippen LogP contribution in [0.25, 0.3) is 5.76 Å². The number of ketones is 1. The number of guanidine groups is 1. The number of carbonyl (C=O) groups is 3. The number of anilines is 3. The van der Waals surface area contributed by atoms with Crippen molar-refractivity contribution in [1.29, 1.82) is 5.41 Å². The van der Waals surface area contributed by atoms with Crippen LogP contribution in [-0.4, -0.2) is 34.3 Å². The van der Waals surface area contributed by atoms with Gasteiger partial charge in [0, 0.05) is 16.9 Å². The number of amides is 2. The Labute approximate surface area is 224 Å². The van der Waals surface area contributed by atoms with Gasteiger partial charge < -0.3 is 5.11 Å². The Hall–Kier alpha value is -5.50. The van der Waals surface area contributed by atoms with Gasteiger partial charge in [-0.3, -0.25) is 29.6 Å². The summed E-state index contributed by atoms with van der Waals surface area (Å²) < 4.78 is 0. The van der Waals surface area contributed by atoms with Crippen LogP contribution < -0.4 is 14.7 Å². The van der Waals surface area contributed by atoms with E-state index in [0.717, 1.165) is 9.80 Å². The van der Waals surface area contributed by atoms with E-state index in [1.54, 1.807) is 121 Å². The SMILES string of the molecule is N=C1N(c2ccccc2)C(=O)C2(/C(=C(\O)c3ccccc3)C(=O)C(=O)N2c2ccccc2)N1c1ccccc1. The third-order valence-electron chi connectivity index (χ3n) is 6.87. The van der Waals surface area contributed by atoms with Crippen molar-refractivity contribution in [2.45, 2.75) is 5.66 Å². The maximum absolute atomic E-state index is 14.8. The van der Waals surface area contributed by atoms with Crippen LogP contribution >= 0.6 is 0 Å². The minimum Gasteiger partial charge on any atom is -0.507 e. The molecule has 2 fully saturated rings. The molecule has 0 aromatic heterocycles. The number of nitrogens with zero attached hydrogens (tertiary/aromatic N) is 3. The summed E-state index contributed by atoms with van der Waals surface area (Å²) in [6.07, 6.45) is 0. The van der Waals surface area contributed by atoms with Crippen LogP contribution in [0, 0.1) is 5.41 Å². The van der Waals surface area contributed by atoms with Crippen molar-refractivity contribution in [2.24, 2.45) is 0 Å². The van der Waals surface area contributed by atoms with E-state index in [9.17, 15) is 24.9 Å². The highest BCUT2D eigenvalue weighted by molar-refractivity contribution is 6.57. The summed E-state index contributed by atoms with van der Waals surface area (Å²) >= 11 is 0. The highest BCUT2D eigenvalue weighted by Crippen LogP contribution is 2.49. The predicted molar refractivity (Wildman–Crippen MR) is 148 cm³/mol. The first-order valence-electron chi connectivity index (χ1n) is 12.2. The number of para-hydroxylation sites is 3. The monoisotopic (exact) mass is 514 g/mol. The molecular weight excluding hydrogens is 492 g/mol. The number of hydrogen-bond donors (Lipinski definition) is 2. The summed E-state index contributed by atoms with van der Waals surface area (Å²) in [5, 5.41) is 20.9. The van der Waals surface area contributed by atoms with Gasteiger partial charge in [0.15, 0.2) is 0 Å². The van der Waals surface area contributed by atoms with Crippen LogP contribution in [-0.2, 0) is 14.4 Å². The van der Waals surface area contributed by atoms with Crippen LogP contribution in [0.1, 0.15) is 5.56 Å². The van der Waals surface area contributed by atoms with Crippen LogP contribution in [0.5, 0.6) is 0 Å². The molecule has 39 heavy (non-hydrogen) atoms. The van der Waals surface area contributed by atoms with E-state index < -0.39 is 34.6 Å². The first kappa shape index (κ1) is 23.9. The Kier molecular flexibility index (Phi) is 5.58. The van der Waals surface area contributed by atoms with E-state index in [0.29, 0.717) is 11.4 Å². The smallest absolute Gasteiger partial charge is 0.301 e. The molecule has 0 radical (unpaired) electrons. The van der Waals surface area contributed by atoms with Crippen molar-refractivity contribution < 1.29 is 19.5 Å². The number of benzene rings is 4. The predicted octanol–water partition coefficient (Wildman–Crippen LogP) is 4.76. The van der Waals surface area contributed by atoms with Gasteiger partial charge in [0.25, 0.3) is 11.7 Å². The summed E-state index contributed by atoms with van der Waals surface area (Å²) in [7, 11) is 0. The molecule has 8 heteroatoms. The van der Waals surface area contributed by atoms with Crippen molar-refractivity contribution >= 4 is 46.4 Å². The summed E-state index contributed by atoms with van der Waals surface area (Å²) in [5.41, 5.74) is -1.35. The molecule has 4 aromatic rings. The largest absolute Gasteiger partial charge is 0.507 e. The Morgan fingerprint density at radius 3 is 1.56 bits per heavy atom. The summed E-state index contributed by atoms with van der Waals surface area (Å²) in [6, 6.07) is 33.8.